The fourth-order valence-corrected chi connectivity index (χ4v) is 4.94. The first-order valence-corrected chi connectivity index (χ1v) is 13.0. The van der Waals surface area contributed by atoms with Gasteiger partial charge in [-0.1, -0.05) is 136 Å². The summed E-state index contributed by atoms with van der Waals surface area (Å²) in [5, 5.41) is 28.0. The van der Waals surface area contributed by atoms with Crippen LogP contribution < -0.4 is 0 Å². The van der Waals surface area contributed by atoms with E-state index in [2.05, 4.69) is 6.92 Å². The van der Waals surface area contributed by atoms with Gasteiger partial charge in [-0.2, -0.15) is 0 Å². The quantitative estimate of drug-likeness (QED) is 0.0770. The number of halogens is 2. The van der Waals surface area contributed by atoms with Gasteiger partial charge in [0.2, 0.25) is 0 Å². The molecule has 0 spiro atoms. The number of hydrogen-bond acceptors (Lipinski definition) is 4. The molecule has 0 aliphatic heterocycles. The molecule has 28 heavy (non-hydrogen) atoms. The van der Waals surface area contributed by atoms with Crippen molar-refractivity contribution in [2.75, 3.05) is 6.61 Å². The third kappa shape index (κ3) is 11.1. The molecule has 0 aliphatic rings. The minimum absolute atomic E-state index is 0.426. The normalized spacial score (nSPS) is 15.8. The van der Waals surface area contributed by atoms with Crippen molar-refractivity contribution in [3.8, 4) is 0 Å². The summed E-state index contributed by atoms with van der Waals surface area (Å²) in [6.45, 7) is 1.49. The predicted octanol–water partition coefficient (Wildman–Crippen LogP) is 5.45. The molecule has 0 amide bonds. The molecule has 0 aromatic heterocycles. The molecule has 166 valence electrons. The van der Waals surface area contributed by atoms with Gasteiger partial charge in [0.05, 0.1) is 6.61 Å². The number of alkyl halides is 2. The first-order valence-electron chi connectivity index (χ1n) is 10.7. The monoisotopic (exact) mass is 624 g/mol. The molecule has 3 unspecified atom stereocenters. The molecular weight excluding hydrogens is 586 g/mol. The van der Waals surface area contributed by atoms with Crippen molar-refractivity contribution in [2.24, 2.45) is 0 Å². The summed E-state index contributed by atoms with van der Waals surface area (Å²) in [4.78, 5) is 23.8. The van der Waals surface area contributed by atoms with Gasteiger partial charge in [0.15, 0.2) is 9.20 Å². The second-order valence-corrected chi connectivity index (χ2v) is 10.8. The van der Waals surface area contributed by atoms with E-state index in [1.807, 2.05) is 22.6 Å². The number of carbonyl (C=O) groups is 2. The number of carbonyl (C=O) groups excluding carboxylic acids is 1. The number of hydrogen-bond donors (Lipinski definition) is 3. The number of rotatable bonds is 19. The van der Waals surface area contributed by atoms with Gasteiger partial charge in [0.25, 0.3) is 0 Å². The maximum atomic E-state index is 12.2. The highest BCUT2D eigenvalue weighted by Crippen LogP contribution is 2.35. The maximum absolute atomic E-state index is 12.2. The third-order valence-electron chi connectivity index (χ3n) is 5.14. The van der Waals surface area contributed by atoms with Crippen molar-refractivity contribution >= 4 is 56.9 Å². The van der Waals surface area contributed by atoms with Crippen LogP contribution in [0.1, 0.15) is 96.8 Å². The van der Waals surface area contributed by atoms with E-state index in [-0.39, 0.29) is 0 Å². The summed E-state index contributed by atoms with van der Waals surface area (Å²) in [6.07, 6.45) is 15.2. The van der Waals surface area contributed by atoms with E-state index in [0.29, 0.717) is 6.42 Å². The van der Waals surface area contributed by atoms with Crippen LogP contribution in [-0.2, 0) is 9.59 Å². The third-order valence-corrected chi connectivity index (χ3v) is 9.63. The Morgan fingerprint density at radius 3 is 1.61 bits per heavy atom. The smallest absolute Gasteiger partial charge is 0.328 e. The van der Waals surface area contributed by atoms with Gasteiger partial charge in [0.1, 0.15) is 6.10 Å². The molecule has 5 nitrogen and oxygen atoms in total. The Balaban J connectivity index is 3.89. The Kier molecular flexibility index (Phi) is 17.5. The lowest BCUT2D eigenvalue weighted by atomic mass is 9.93. The van der Waals surface area contributed by atoms with Crippen LogP contribution in [0, 0.1) is 0 Å². The van der Waals surface area contributed by atoms with Crippen LogP contribution in [0.5, 0.6) is 0 Å². The standard InChI is InChI=1S/C21H38I2O5/c1-2-3-4-5-6-7-8-9-10-11-12-13-14-15-18(22)21(23,20(27)28)19(26)17(25)16-24/h17-18,24-25H,2-16H2,1H3,(H,27,28). The van der Waals surface area contributed by atoms with Gasteiger partial charge in [0, 0.05) is 3.92 Å². The minimum atomic E-state index is -1.70. The average molecular weight is 624 g/mol. The van der Waals surface area contributed by atoms with Crippen LogP contribution in [0.4, 0.5) is 0 Å². The van der Waals surface area contributed by atoms with Crippen LogP contribution in [0.15, 0.2) is 0 Å². The molecule has 3 N–H and O–H groups in total. The number of carboxylic acid groups (broad SMARTS) is 1. The molecule has 0 saturated heterocycles. The highest BCUT2D eigenvalue weighted by Gasteiger charge is 2.51. The van der Waals surface area contributed by atoms with Gasteiger partial charge in [-0.05, 0) is 6.42 Å². The van der Waals surface area contributed by atoms with Crippen molar-refractivity contribution in [2.45, 2.75) is 110 Å². The zero-order valence-electron chi connectivity index (χ0n) is 17.2. The summed E-state index contributed by atoms with van der Waals surface area (Å²) >= 11 is 3.62. The number of unbranched alkanes of at least 4 members (excludes halogenated alkanes) is 12. The topological polar surface area (TPSA) is 94.8 Å². The second-order valence-electron chi connectivity index (χ2n) is 7.58. The number of aliphatic carboxylic acids is 1. The lowest BCUT2D eigenvalue weighted by Gasteiger charge is -2.28. The van der Waals surface area contributed by atoms with Crippen molar-refractivity contribution in [3.63, 3.8) is 0 Å². The van der Waals surface area contributed by atoms with Gasteiger partial charge in [-0.25, -0.2) is 0 Å². The molecule has 0 aromatic carbocycles. The summed E-state index contributed by atoms with van der Waals surface area (Å²) < 4.78 is -2.12. The number of carboxylic acids is 1. The second kappa shape index (κ2) is 17.2. The van der Waals surface area contributed by atoms with Gasteiger partial charge >= 0.3 is 5.97 Å². The number of ketones is 1. The van der Waals surface area contributed by atoms with E-state index in [1.165, 1.54) is 64.2 Å². The molecule has 0 rings (SSSR count). The molecule has 7 heteroatoms. The number of aliphatic hydroxyl groups excluding tert-OH is 2. The fraction of sp³-hybridized carbons (Fsp3) is 0.905. The number of Topliss-reactive ketones (excluding diaryl/α,β-unsaturated/α-hetero) is 1. The van der Waals surface area contributed by atoms with Crippen LogP contribution in [0.2, 0.25) is 0 Å². The number of aliphatic hydroxyl groups is 2. The van der Waals surface area contributed by atoms with Crippen molar-refractivity contribution < 1.29 is 24.9 Å². The zero-order valence-corrected chi connectivity index (χ0v) is 21.5. The van der Waals surface area contributed by atoms with Gasteiger partial charge in [-0.15, -0.1) is 0 Å². The highest BCUT2D eigenvalue weighted by atomic mass is 127. The van der Waals surface area contributed by atoms with E-state index in [4.69, 9.17) is 5.11 Å². The summed E-state index contributed by atoms with van der Waals surface area (Å²) in [6, 6.07) is 0. The van der Waals surface area contributed by atoms with E-state index < -0.39 is 31.8 Å². The first kappa shape index (κ1) is 28.5. The average Bonchev–Trinajstić information content (AvgIpc) is 2.69. The van der Waals surface area contributed by atoms with E-state index in [9.17, 15) is 19.8 Å². The molecule has 0 heterocycles. The van der Waals surface area contributed by atoms with Gasteiger partial charge < -0.3 is 15.3 Å². The van der Waals surface area contributed by atoms with Crippen LogP contribution in [-0.4, -0.2) is 47.1 Å². The molecule has 0 bridgehead atoms. The molecule has 3 atom stereocenters. The predicted molar refractivity (Wildman–Crippen MR) is 131 cm³/mol. The Morgan fingerprint density at radius 2 is 1.25 bits per heavy atom. The Labute approximate surface area is 197 Å². The van der Waals surface area contributed by atoms with Gasteiger partial charge in [-0.3, -0.25) is 9.59 Å². The maximum Gasteiger partial charge on any atom is 0.328 e. The Hall–Kier alpha value is 0.520. The first-order chi connectivity index (χ1) is 13.3. The Bertz CT molecular complexity index is 433. The van der Waals surface area contributed by atoms with Crippen molar-refractivity contribution in [1.29, 1.82) is 0 Å². The van der Waals surface area contributed by atoms with Crippen molar-refractivity contribution in [3.05, 3.63) is 0 Å². The summed E-state index contributed by atoms with van der Waals surface area (Å²) in [5.74, 6) is -2.07. The van der Waals surface area contributed by atoms with Crippen LogP contribution in [0.25, 0.3) is 0 Å². The zero-order chi connectivity index (χ0) is 21.4. The molecule has 0 saturated carbocycles. The minimum Gasteiger partial charge on any atom is -0.480 e. The highest BCUT2D eigenvalue weighted by molar-refractivity contribution is 14.1. The largest absolute Gasteiger partial charge is 0.480 e. The molecule has 0 radical (unpaired) electrons. The molecular formula is C21H38I2O5. The molecule has 0 fully saturated rings. The Morgan fingerprint density at radius 1 is 0.857 bits per heavy atom. The van der Waals surface area contributed by atoms with Crippen molar-refractivity contribution in [1.82, 2.24) is 0 Å². The van der Waals surface area contributed by atoms with E-state index >= 15 is 0 Å². The SMILES string of the molecule is CCCCCCCCCCCCCCCC(I)C(I)(C(=O)O)C(=O)C(O)CO. The van der Waals surface area contributed by atoms with E-state index in [0.717, 1.165) is 19.3 Å². The fourth-order valence-electron chi connectivity index (χ4n) is 3.26. The van der Waals surface area contributed by atoms with Crippen LogP contribution in [0.3, 0.4) is 0 Å². The summed E-state index contributed by atoms with van der Waals surface area (Å²) in [5.41, 5.74) is 0. The molecule has 0 aromatic rings. The lowest BCUT2D eigenvalue weighted by Crippen LogP contribution is -2.53. The molecule has 0 aliphatic carbocycles. The summed E-state index contributed by atoms with van der Waals surface area (Å²) in [7, 11) is 0. The van der Waals surface area contributed by atoms with Crippen LogP contribution >= 0.6 is 45.2 Å². The lowest BCUT2D eigenvalue weighted by molar-refractivity contribution is -0.146. The van der Waals surface area contributed by atoms with E-state index in [1.54, 1.807) is 22.6 Å².